The van der Waals surface area contributed by atoms with Crippen molar-refractivity contribution in [1.82, 2.24) is 9.88 Å². The van der Waals surface area contributed by atoms with Crippen LogP contribution in [0.15, 0.2) is 12.3 Å². The Morgan fingerprint density at radius 2 is 2.14 bits per heavy atom. The fourth-order valence-electron chi connectivity index (χ4n) is 1.59. The van der Waals surface area contributed by atoms with Gasteiger partial charge < -0.3 is 14.7 Å². The molecule has 118 valence electrons. The quantitative estimate of drug-likeness (QED) is 0.751. The predicted octanol–water partition coefficient (Wildman–Crippen LogP) is 2.64. The zero-order valence-corrected chi connectivity index (χ0v) is 13.5. The topological polar surface area (TPSA) is 74.7 Å². The Labute approximate surface area is 134 Å². The number of carbonyl (C=O) groups is 1. The highest BCUT2D eigenvalue weighted by Gasteiger charge is 2.17. The van der Waals surface area contributed by atoms with Crippen LogP contribution in [0, 0.1) is 0 Å². The van der Waals surface area contributed by atoms with Crippen LogP contribution in [0.3, 0.4) is 0 Å². The summed E-state index contributed by atoms with van der Waals surface area (Å²) in [6, 6.07) is 1.18. The molecular formula is C13H19Cl2N3O3. The molecule has 1 rings (SSSR count). The molecule has 0 aliphatic rings. The highest BCUT2D eigenvalue weighted by atomic mass is 35.5. The average Bonchev–Trinajstić information content (AvgIpc) is 2.42. The van der Waals surface area contributed by atoms with E-state index in [9.17, 15) is 4.79 Å². The standard InChI is InChI=1S/C13H19Cl2N3O3/c1-9(2)18(3-5-21-6-4-19)13(20)17-12-7-10(14)11(15)8-16-12/h7-9,19H,3-6H2,1-2H3,(H,16,17,20). The van der Waals surface area contributed by atoms with E-state index in [-0.39, 0.29) is 25.3 Å². The number of halogens is 2. The number of aliphatic hydroxyl groups excluding tert-OH is 1. The summed E-state index contributed by atoms with van der Waals surface area (Å²) in [7, 11) is 0. The molecule has 0 atom stereocenters. The summed E-state index contributed by atoms with van der Waals surface area (Å²) < 4.78 is 5.17. The van der Waals surface area contributed by atoms with E-state index in [1.165, 1.54) is 12.3 Å². The third-order valence-electron chi connectivity index (χ3n) is 2.64. The van der Waals surface area contributed by atoms with Crippen molar-refractivity contribution >= 4 is 35.1 Å². The number of aromatic nitrogens is 1. The van der Waals surface area contributed by atoms with Crippen LogP contribution in [0.5, 0.6) is 0 Å². The lowest BCUT2D eigenvalue weighted by atomic mass is 10.3. The third-order valence-corrected chi connectivity index (χ3v) is 3.35. The number of urea groups is 1. The highest BCUT2D eigenvalue weighted by molar-refractivity contribution is 6.42. The summed E-state index contributed by atoms with van der Waals surface area (Å²) >= 11 is 11.7. The van der Waals surface area contributed by atoms with Crippen LogP contribution in [0.2, 0.25) is 10.0 Å². The molecule has 0 fully saturated rings. The largest absolute Gasteiger partial charge is 0.394 e. The van der Waals surface area contributed by atoms with Crippen LogP contribution < -0.4 is 5.32 Å². The van der Waals surface area contributed by atoms with Crippen molar-refractivity contribution in [3.05, 3.63) is 22.3 Å². The highest BCUT2D eigenvalue weighted by Crippen LogP contribution is 2.23. The number of pyridine rings is 1. The molecule has 0 saturated carbocycles. The number of anilines is 1. The van der Waals surface area contributed by atoms with Gasteiger partial charge in [0.05, 0.1) is 29.9 Å². The van der Waals surface area contributed by atoms with Crippen molar-refractivity contribution in [1.29, 1.82) is 0 Å². The molecule has 2 amide bonds. The molecule has 0 aliphatic carbocycles. The van der Waals surface area contributed by atoms with Gasteiger partial charge in [-0.05, 0) is 13.8 Å². The van der Waals surface area contributed by atoms with Gasteiger partial charge >= 0.3 is 6.03 Å². The third kappa shape index (κ3) is 6.05. The maximum Gasteiger partial charge on any atom is 0.323 e. The van der Waals surface area contributed by atoms with Crippen molar-refractivity contribution in [3.8, 4) is 0 Å². The van der Waals surface area contributed by atoms with Gasteiger partial charge in [-0.3, -0.25) is 5.32 Å². The molecule has 0 aliphatic heterocycles. The van der Waals surface area contributed by atoms with Gasteiger partial charge in [0.15, 0.2) is 0 Å². The number of rotatable bonds is 7. The number of aliphatic hydroxyl groups is 1. The summed E-state index contributed by atoms with van der Waals surface area (Å²) in [5, 5.41) is 12.0. The molecule has 2 N–H and O–H groups in total. The van der Waals surface area contributed by atoms with E-state index < -0.39 is 0 Å². The lowest BCUT2D eigenvalue weighted by Crippen LogP contribution is -2.42. The number of nitrogens with one attached hydrogen (secondary N) is 1. The van der Waals surface area contributed by atoms with E-state index in [2.05, 4.69) is 10.3 Å². The lowest BCUT2D eigenvalue weighted by molar-refractivity contribution is 0.0757. The van der Waals surface area contributed by atoms with Crippen LogP contribution in [0.1, 0.15) is 13.8 Å². The van der Waals surface area contributed by atoms with Crippen LogP contribution in [0.4, 0.5) is 10.6 Å². The Morgan fingerprint density at radius 1 is 1.43 bits per heavy atom. The van der Waals surface area contributed by atoms with Crippen molar-refractivity contribution < 1.29 is 14.6 Å². The van der Waals surface area contributed by atoms with E-state index in [0.717, 1.165) is 0 Å². The van der Waals surface area contributed by atoms with Crippen molar-refractivity contribution in [3.63, 3.8) is 0 Å². The van der Waals surface area contributed by atoms with Gasteiger partial charge in [0.2, 0.25) is 0 Å². The van der Waals surface area contributed by atoms with E-state index in [1.807, 2.05) is 13.8 Å². The molecule has 0 unspecified atom stereocenters. The molecule has 6 nitrogen and oxygen atoms in total. The van der Waals surface area contributed by atoms with E-state index in [0.29, 0.717) is 29.0 Å². The summed E-state index contributed by atoms with van der Waals surface area (Å²) in [6.07, 6.45) is 1.38. The number of hydrogen-bond acceptors (Lipinski definition) is 4. The van der Waals surface area contributed by atoms with Crippen LogP contribution in [-0.4, -0.2) is 53.4 Å². The number of ether oxygens (including phenoxy) is 1. The molecule has 1 aromatic heterocycles. The van der Waals surface area contributed by atoms with Crippen LogP contribution in [0.25, 0.3) is 0 Å². The van der Waals surface area contributed by atoms with Gasteiger partial charge in [0.25, 0.3) is 0 Å². The average molecular weight is 336 g/mol. The number of carbonyl (C=O) groups excluding carboxylic acids is 1. The maximum atomic E-state index is 12.2. The van der Waals surface area contributed by atoms with Crippen LogP contribution >= 0.6 is 23.2 Å². The second-order valence-electron chi connectivity index (χ2n) is 4.54. The number of hydrogen-bond donors (Lipinski definition) is 2. The van der Waals surface area contributed by atoms with Gasteiger partial charge in [0, 0.05) is 24.8 Å². The Bertz CT molecular complexity index is 472. The molecule has 0 bridgehead atoms. The Kier molecular flexibility index (Phi) is 7.74. The molecule has 0 spiro atoms. The Morgan fingerprint density at radius 3 is 2.71 bits per heavy atom. The van der Waals surface area contributed by atoms with Gasteiger partial charge in [-0.2, -0.15) is 0 Å². The van der Waals surface area contributed by atoms with Gasteiger partial charge in [-0.15, -0.1) is 0 Å². The lowest BCUT2D eigenvalue weighted by Gasteiger charge is -2.26. The molecule has 0 radical (unpaired) electrons. The zero-order valence-electron chi connectivity index (χ0n) is 12.0. The Hall–Kier alpha value is -1.08. The predicted molar refractivity (Wildman–Crippen MR) is 83.0 cm³/mol. The summed E-state index contributed by atoms with van der Waals surface area (Å²) in [5.41, 5.74) is 0. The minimum absolute atomic E-state index is 0.00880. The van der Waals surface area contributed by atoms with Gasteiger partial charge in [-0.25, -0.2) is 9.78 Å². The minimum atomic E-state index is -0.302. The monoisotopic (exact) mass is 335 g/mol. The molecule has 21 heavy (non-hydrogen) atoms. The second kappa shape index (κ2) is 9.04. The van der Waals surface area contributed by atoms with E-state index in [1.54, 1.807) is 4.90 Å². The molecule has 1 aromatic rings. The second-order valence-corrected chi connectivity index (χ2v) is 5.35. The first-order valence-corrected chi connectivity index (χ1v) is 7.28. The molecule has 0 saturated heterocycles. The summed E-state index contributed by atoms with van der Waals surface area (Å²) in [5.74, 6) is 0.330. The first kappa shape index (κ1) is 18.0. The van der Waals surface area contributed by atoms with Gasteiger partial charge in [-0.1, -0.05) is 23.2 Å². The fraction of sp³-hybridized carbons (Fsp3) is 0.538. The molecule has 1 heterocycles. The number of nitrogens with zero attached hydrogens (tertiary/aromatic N) is 2. The van der Waals surface area contributed by atoms with Crippen molar-refractivity contribution in [2.75, 3.05) is 31.7 Å². The molecule has 8 heteroatoms. The molecule has 0 aromatic carbocycles. The van der Waals surface area contributed by atoms with Crippen molar-refractivity contribution in [2.45, 2.75) is 19.9 Å². The smallest absolute Gasteiger partial charge is 0.323 e. The number of amides is 2. The minimum Gasteiger partial charge on any atom is -0.394 e. The maximum absolute atomic E-state index is 12.2. The van der Waals surface area contributed by atoms with Gasteiger partial charge in [0.1, 0.15) is 5.82 Å². The van der Waals surface area contributed by atoms with E-state index in [4.69, 9.17) is 33.0 Å². The van der Waals surface area contributed by atoms with Crippen LogP contribution in [-0.2, 0) is 4.74 Å². The fourth-order valence-corrected chi connectivity index (χ4v) is 1.84. The normalized spacial score (nSPS) is 10.8. The summed E-state index contributed by atoms with van der Waals surface area (Å²) in [4.78, 5) is 17.8. The van der Waals surface area contributed by atoms with E-state index >= 15 is 0 Å². The SMILES string of the molecule is CC(C)N(CCOCCO)C(=O)Nc1cc(Cl)c(Cl)cn1. The molecular weight excluding hydrogens is 317 g/mol. The first-order chi connectivity index (χ1) is 9.95. The van der Waals surface area contributed by atoms with Crippen molar-refractivity contribution in [2.24, 2.45) is 0 Å². The first-order valence-electron chi connectivity index (χ1n) is 6.53. The Balaban J connectivity index is 2.61. The zero-order chi connectivity index (χ0) is 15.8. The summed E-state index contributed by atoms with van der Waals surface area (Å²) in [6.45, 7) is 4.76.